The monoisotopic (exact) mass is 292 g/mol. The standard InChI is InChI=1S/C17H28N2O2/c1-4-18-10-11-19(14(3)12-18)16(13-20)15-8-6-7-9-17(15)21-5-2/h6-9,14,16,20H,4-5,10-13H2,1-3H3. The summed E-state index contributed by atoms with van der Waals surface area (Å²) in [6.45, 7) is 11.4. The Kier molecular flexibility index (Phi) is 6.03. The van der Waals surface area contributed by atoms with E-state index >= 15 is 0 Å². The van der Waals surface area contributed by atoms with Crippen molar-refractivity contribution in [2.75, 3.05) is 39.4 Å². The van der Waals surface area contributed by atoms with E-state index in [0.717, 1.165) is 37.5 Å². The van der Waals surface area contributed by atoms with E-state index in [4.69, 9.17) is 4.74 Å². The van der Waals surface area contributed by atoms with Crippen molar-refractivity contribution in [1.82, 2.24) is 9.80 Å². The van der Waals surface area contributed by atoms with Gasteiger partial charge in [-0.1, -0.05) is 25.1 Å². The molecule has 2 unspecified atom stereocenters. The first-order chi connectivity index (χ1) is 10.2. The fraction of sp³-hybridized carbons (Fsp3) is 0.647. The fourth-order valence-corrected chi connectivity index (χ4v) is 3.22. The lowest BCUT2D eigenvalue weighted by Gasteiger charge is -2.43. The molecular formula is C17H28N2O2. The number of likely N-dealkylation sites (N-methyl/N-ethyl adjacent to an activating group) is 1. The quantitative estimate of drug-likeness (QED) is 0.871. The average molecular weight is 292 g/mol. The number of aliphatic hydroxyl groups is 1. The van der Waals surface area contributed by atoms with E-state index in [2.05, 4.69) is 29.7 Å². The van der Waals surface area contributed by atoms with Crippen LogP contribution in [0, 0.1) is 0 Å². The van der Waals surface area contributed by atoms with Crippen molar-refractivity contribution in [1.29, 1.82) is 0 Å². The van der Waals surface area contributed by atoms with Crippen LogP contribution in [0.1, 0.15) is 32.4 Å². The second kappa shape index (κ2) is 7.78. The van der Waals surface area contributed by atoms with Crippen LogP contribution in [0.5, 0.6) is 5.75 Å². The van der Waals surface area contributed by atoms with Gasteiger partial charge in [-0.15, -0.1) is 0 Å². The molecule has 1 aromatic rings. The van der Waals surface area contributed by atoms with Crippen molar-refractivity contribution in [3.63, 3.8) is 0 Å². The zero-order valence-electron chi connectivity index (χ0n) is 13.5. The highest BCUT2D eigenvalue weighted by atomic mass is 16.5. The summed E-state index contributed by atoms with van der Waals surface area (Å²) >= 11 is 0. The molecule has 1 heterocycles. The number of piperazine rings is 1. The van der Waals surface area contributed by atoms with Crippen molar-refractivity contribution < 1.29 is 9.84 Å². The molecular weight excluding hydrogens is 264 g/mol. The van der Waals surface area contributed by atoms with Gasteiger partial charge in [-0.25, -0.2) is 0 Å². The lowest BCUT2D eigenvalue weighted by molar-refractivity contribution is 0.0260. The third-order valence-electron chi connectivity index (χ3n) is 4.36. The first-order valence-electron chi connectivity index (χ1n) is 8.01. The second-order valence-corrected chi connectivity index (χ2v) is 5.65. The summed E-state index contributed by atoms with van der Waals surface area (Å²) in [5.74, 6) is 0.893. The maximum Gasteiger partial charge on any atom is 0.124 e. The van der Waals surface area contributed by atoms with Gasteiger partial charge in [-0.3, -0.25) is 4.90 Å². The molecule has 4 heteroatoms. The minimum Gasteiger partial charge on any atom is -0.494 e. The molecule has 1 aliphatic heterocycles. The molecule has 2 rings (SSSR count). The van der Waals surface area contributed by atoms with Crippen LogP contribution in [-0.2, 0) is 0 Å². The minimum absolute atomic E-state index is 0.0155. The summed E-state index contributed by atoms with van der Waals surface area (Å²) in [6.07, 6.45) is 0. The first kappa shape index (κ1) is 16.3. The SMILES string of the molecule is CCOc1ccccc1C(CO)N1CCN(CC)CC1C. The highest BCUT2D eigenvalue weighted by Gasteiger charge is 2.30. The van der Waals surface area contributed by atoms with Gasteiger partial charge in [-0.2, -0.15) is 0 Å². The van der Waals surface area contributed by atoms with Gasteiger partial charge in [0.2, 0.25) is 0 Å². The van der Waals surface area contributed by atoms with Crippen molar-refractivity contribution in [3.05, 3.63) is 29.8 Å². The van der Waals surface area contributed by atoms with Gasteiger partial charge in [0.1, 0.15) is 5.75 Å². The molecule has 118 valence electrons. The molecule has 0 aromatic heterocycles. The molecule has 0 aliphatic carbocycles. The molecule has 1 N–H and O–H groups in total. The average Bonchev–Trinajstić information content (AvgIpc) is 2.51. The van der Waals surface area contributed by atoms with Crippen LogP contribution >= 0.6 is 0 Å². The number of hydrogen-bond donors (Lipinski definition) is 1. The van der Waals surface area contributed by atoms with Crippen LogP contribution in [0.4, 0.5) is 0 Å². The third kappa shape index (κ3) is 3.76. The lowest BCUT2D eigenvalue weighted by Crippen LogP contribution is -2.53. The van der Waals surface area contributed by atoms with Gasteiger partial charge in [0.05, 0.1) is 19.3 Å². The summed E-state index contributed by atoms with van der Waals surface area (Å²) in [4.78, 5) is 4.87. The summed E-state index contributed by atoms with van der Waals surface area (Å²) in [7, 11) is 0. The normalized spacial score (nSPS) is 22.2. The molecule has 0 saturated carbocycles. The highest BCUT2D eigenvalue weighted by Crippen LogP contribution is 2.31. The number of aliphatic hydroxyl groups excluding tert-OH is 1. The number of benzene rings is 1. The Morgan fingerprint density at radius 1 is 1.29 bits per heavy atom. The summed E-state index contributed by atoms with van der Waals surface area (Å²) < 4.78 is 5.74. The Morgan fingerprint density at radius 2 is 2.05 bits per heavy atom. The number of para-hydroxylation sites is 1. The molecule has 1 fully saturated rings. The Bertz CT molecular complexity index is 439. The van der Waals surface area contributed by atoms with Gasteiger partial charge < -0.3 is 14.7 Å². The highest BCUT2D eigenvalue weighted by molar-refractivity contribution is 5.36. The van der Waals surface area contributed by atoms with E-state index < -0.39 is 0 Å². The largest absolute Gasteiger partial charge is 0.494 e. The van der Waals surface area contributed by atoms with E-state index in [9.17, 15) is 5.11 Å². The number of rotatable bonds is 6. The summed E-state index contributed by atoms with van der Waals surface area (Å²) in [6, 6.07) is 8.53. The van der Waals surface area contributed by atoms with Crippen LogP contribution < -0.4 is 4.74 Å². The summed E-state index contributed by atoms with van der Waals surface area (Å²) in [5.41, 5.74) is 1.10. The van der Waals surface area contributed by atoms with Crippen LogP contribution in [0.3, 0.4) is 0 Å². The number of ether oxygens (including phenoxy) is 1. The van der Waals surface area contributed by atoms with Gasteiger partial charge in [0, 0.05) is 31.2 Å². The maximum atomic E-state index is 9.95. The Hall–Kier alpha value is -1.10. The minimum atomic E-state index is 0.0155. The molecule has 0 radical (unpaired) electrons. The molecule has 4 nitrogen and oxygen atoms in total. The van der Waals surface area contributed by atoms with E-state index in [-0.39, 0.29) is 12.6 Å². The zero-order chi connectivity index (χ0) is 15.2. The Labute approximate surface area is 128 Å². The predicted octanol–water partition coefficient (Wildman–Crippen LogP) is 2.14. The molecule has 0 spiro atoms. The molecule has 1 aliphatic rings. The van der Waals surface area contributed by atoms with E-state index in [0.29, 0.717) is 12.6 Å². The number of nitrogens with zero attached hydrogens (tertiary/aromatic N) is 2. The fourth-order valence-electron chi connectivity index (χ4n) is 3.22. The first-order valence-corrected chi connectivity index (χ1v) is 8.01. The lowest BCUT2D eigenvalue weighted by atomic mass is 10.0. The predicted molar refractivity (Wildman–Crippen MR) is 85.7 cm³/mol. The zero-order valence-corrected chi connectivity index (χ0v) is 13.5. The topological polar surface area (TPSA) is 35.9 Å². The van der Waals surface area contributed by atoms with Crippen molar-refractivity contribution in [2.24, 2.45) is 0 Å². The van der Waals surface area contributed by atoms with Crippen LogP contribution in [0.15, 0.2) is 24.3 Å². The van der Waals surface area contributed by atoms with Crippen molar-refractivity contribution in [2.45, 2.75) is 32.9 Å². The van der Waals surface area contributed by atoms with Gasteiger partial charge in [-0.05, 0) is 26.5 Å². The Balaban J connectivity index is 2.20. The number of hydrogen-bond acceptors (Lipinski definition) is 4. The smallest absolute Gasteiger partial charge is 0.124 e. The van der Waals surface area contributed by atoms with Crippen LogP contribution in [-0.4, -0.2) is 60.3 Å². The van der Waals surface area contributed by atoms with Gasteiger partial charge >= 0.3 is 0 Å². The van der Waals surface area contributed by atoms with Crippen LogP contribution in [0.25, 0.3) is 0 Å². The van der Waals surface area contributed by atoms with Crippen molar-refractivity contribution in [3.8, 4) is 5.75 Å². The third-order valence-corrected chi connectivity index (χ3v) is 4.36. The Morgan fingerprint density at radius 3 is 2.67 bits per heavy atom. The molecule has 0 bridgehead atoms. The van der Waals surface area contributed by atoms with Gasteiger partial charge in [0.15, 0.2) is 0 Å². The summed E-state index contributed by atoms with van der Waals surface area (Å²) in [5, 5.41) is 9.95. The van der Waals surface area contributed by atoms with Crippen molar-refractivity contribution >= 4 is 0 Å². The second-order valence-electron chi connectivity index (χ2n) is 5.65. The van der Waals surface area contributed by atoms with E-state index in [1.54, 1.807) is 0 Å². The molecule has 2 atom stereocenters. The van der Waals surface area contributed by atoms with Gasteiger partial charge in [0.25, 0.3) is 0 Å². The molecule has 21 heavy (non-hydrogen) atoms. The van der Waals surface area contributed by atoms with E-state index in [1.165, 1.54) is 0 Å². The maximum absolute atomic E-state index is 9.95. The van der Waals surface area contributed by atoms with Crippen LogP contribution in [0.2, 0.25) is 0 Å². The molecule has 0 amide bonds. The molecule has 1 aromatic carbocycles. The molecule has 1 saturated heterocycles. The van der Waals surface area contributed by atoms with E-state index in [1.807, 2.05) is 25.1 Å².